The van der Waals surface area contributed by atoms with Gasteiger partial charge >= 0.3 is 12.1 Å². The Kier molecular flexibility index (Phi) is 6.64. The molecule has 2 aromatic rings. The first-order valence-corrected chi connectivity index (χ1v) is 11.9. The highest BCUT2D eigenvalue weighted by Crippen LogP contribution is 2.44. The Balaban J connectivity index is 1.41. The Labute approximate surface area is 200 Å². The van der Waals surface area contributed by atoms with Gasteiger partial charge in [0.1, 0.15) is 12.6 Å². The fraction of sp³-hybridized carbons (Fsp3) is 0.444. The molecule has 2 N–H and O–H groups in total. The second-order valence-electron chi connectivity index (χ2n) is 9.65. The molecule has 0 radical (unpaired) electrons. The molecule has 4 rings (SSSR count). The highest BCUT2D eigenvalue weighted by molar-refractivity contribution is 5.87. The van der Waals surface area contributed by atoms with E-state index in [2.05, 4.69) is 29.6 Å². The van der Waals surface area contributed by atoms with Gasteiger partial charge in [-0.2, -0.15) is 0 Å². The molecule has 3 atom stereocenters. The van der Waals surface area contributed by atoms with Crippen LogP contribution in [0.5, 0.6) is 0 Å². The first-order chi connectivity index (χ1) is 16.3. The number of carboxylic acids is 1. The van der Waals surface area contributed by atoms with Crippen molar-refractivity contribution < 1.29 is 24.2 Å². The Bertz CT molecular complexity index is 1050. The Morgan fingerprint density at radius 2 is 1.71 bits per heavy atom. The van der Waals surface area contributed by atoms with E-state index in [1.54, 1.807) is 11.8 Å². The van der Waals surface area contributed by atoms with Crippen molar-refractivity contribution in [3.63, 3.8) is 0 Å². The van der Waals surface area contributed by atoms with E-state index < -0.39 is 23.5 Å². The monoisotopic (exact) mass is 464 g/mol. The number of fused-ring (bicyclic) bond motifs is 3. The molecular weight excluding hydrogens is 432 g/mol. The zero-order chi connectivity index (χ0) is 24.5. The van der Waals surface area contributed by atoms with E-state index in [9.17, 15) is 19.5 Å². The largest absolute Gasteiger partial charge is 0.481 e. The average Bonchev–Trinajstić information content (AvgIpc) is 3.32. The molecule has 7 nitrogen and oxygen atoms in total. The minimum atomic E-state index is -0.990. The van der Waals surface area contributed by atoms with Crippen molar-refractivity contribution >= 4 is 18.0 Å². The number of ether oxygens (including phenoxy) is 1. The number of rotatable bonds is 7. The van der Waals surface area contributed by atoms with E-state index in [-0.39, 0.29) is 30.9 Å². The number of carbonyl (C=O) groups is 3. The number of alkyl carbamates (subject to hydrolysis) is 1. The summed E-state index contributed by atoms with van der Waals surface area (Å²) in [7, 11) is 0. The van der Waals surface area contributed by atoms with Crippen LogP contribution >= 0.6 is 0 Å². The minimum Gasteiger partial charge on any atom is -0.481 e. The second-order valence-corrected chi connectivity index (χ2v) is 9.65. The van der Waals surface area contributed by atoms with E-state index in [0.717, 1.165) is 22.3 Å². The molecule has 1 fully saturated rings. The van der Waals surface area contributed by atoms with Crippen LogP contribution in [0, 0.1) is 11.3 Å². The number of benzene rings is 2. The molecule has 1 saturated heterocycles. The van der Waals surface area contributed by atoms with Crippen LogP contribution < -0.4 is 5.32 Å². The van der Waals surface area contributed by atoms with Crippen molar-refractivity contribution in [2.45, 2.75) is 45.6 Å². The van der Waals surface area contributed by atoms with E-state index >= 15 is 0 Å². The van der Waals surface area contributed by atoms with Crippen molar-refractivity contribution in [1.82, 2.24) is 10.2 Å². The summed E-state index contributed by atoms with van der Waals surface area (Å²) in [4.78, 5) is 39.2. The van der Waals surface area contributed by atoms with Crippen molar-refractivity contribution in [3.8, 4) is 11.1 Å². The number of carbonyl (C=O) groups excluding carboxylic acids is 2. The fourth-order valence-electron chi connectivity index (χ4n) is 5.14. The third-order valence-electron chi connectivity index (χ3n) is 7.41. The van der Waals surface area contributed by atoms with Crippen LogP contribution in [0.4, 0.5) is 4.79 Å². The molecule has 7 heteroatoms. The molecule has 1 aliphatic heterocycles. The number of nitrogens with zero attached hydrogens (tertiary/aromatic N) is 1. The summed E-state index contributed by atoms with van der Waals surface area (Å²) in [6.07, 6.45) is 0.513. The number of nitrogens with one attached hydrogen (secondary N) is 1. The Hall–Kier alpha value is -3.35. The van der Waals surface area contributed by atoms with E-state index in [1.807, 2.05) is 38.1 Å². The summed E-state index contributed by atoms with van der Waals surface area (Å²) in [6.45, 7) is 6.11. The first-order valence-electron chi connectivity index (χ1n) is 11.9. The van der Waals surface area contributed by atoms with Gasteiger partial charge in [0.25, 0.3) is 0 Å². The lowest BCUT2D eigenvalue weighted by Gasteiger charge is -2.25. The number of carboxylic acid groups (broad SMARTS) is 1. The van der Waals surface area contributed by atoms with Crippen LogP contribution in [-0.4, -0.2) is 53.7 Å². The third-order valence-corrected chi connectivity index (χ3v) is 7.41. The van der Waals surface area contributed by atoms with Gasteiger partial charge in [-0.05, 0) is 41.5 Å². The van der Waals surface area contributed by atoms with Gasteiger partial charge in [0.2, 0.25) is 5.91 Å². The Morgan fingerprint density at radius 1 is 1.12 bits per heavy atom. The molecule has 1 heterocycles. The van der Waals surface area contributed by atoms with Gasteiger partial charge in [0.05, 0.1) is 5.41 Å². The number of amides is 2. The molecular formula is C27H32N2O5. The Morgan fingerprint density at radius 3 is 2.24 bits per heavy atom. The summed E-state index contributed by atoms with van der Waals surface area (Å²) in [6, 6.07) is 15.5. The maximum absolute atomic E-state index is 13.2. The first kappa shape index (κ1) is 23.8. The van der Waals surface area contributed by atoms with Crippen LogP contribution in [0.15, 0.2) is 48.5 Å². The van der Waals surface area contributed by atoms with Crippen LogP contribution in [-0.2, 0) is 14.3 Å². The molecule has 2 amide bonds. The fourth-order valence-corrected chi connectivity index (χ4v) is 5.14. The second kappa shape index (κ2) is 9.49. The number of likely N-dealkylation sites (tertiary alicyclic amines) is 1. The summed E-state index contributed by atoms with van der Waals surface area (Å²) in [5, 5.41) is 12.4. The summed E-state index contributed by atoms with van der Waals surface area (Å²) < 4.78 is 5.61. The minimum absolute atomic E-state index is 0.0609. The lowest BCUT2D eigenvalue weighted by Crippen LogP contribution is -2.49. The highest BCUT2D eigenvalue weighted by Gasteiger charge is 2.48. The van der Waals surface area contributed by atoms with E-state index in [4.69, 9.17) is 4.74 Å². The van der Waals surface area contributed by atoms with Crippen LogP contribution in [0.25, 0.3) is 11.1 Å². The number of hydrogen-bond acceptors (Lipinski definition) is 4. The maximum Gasteiger partial charge on any atom is 0.407 e. The predicted octanol–water partition coefficient (Wildman–Crippen LogP) is 4.26. The van der Waals surface area contributed by atoms with Gasteiger partial charge in [-0.3, -0.25) is 9.59 Å². The molecule has 0 saturated carbocycles. The quantitative estimate of drug-likeness (QED) is 0.638. The molecule has 2 aliphatic rings. The molecule has 2 aromatic carbocycles. The van der Waals surface area contributed by atoms with Crippen LogP contribution in [0.3, 0.4) is 0 Å². The van der Waals surface area contributed by atoms with Gasteiger partial charge in [-0.25, -0.2) is 4.79 Å². The van der Waals surface area contributed by atoms with Gasteiger partial charge in [0.15, 0.2) is 0 Å². The molecule has 180 valence electrons. The zero-order valence-electron chi connectivity index (χ0n) is 19.9. The van der Waals surface area contributed by atoms with Gasteiger partial charge in [-0.15, -0.1) is 0 Å². The highest BCUT2D eigenvalue weighted by atomic mass is 16.5. The van der Waals surface area contributed by atoms with Gasteiger partial charge in [-0.1, -0.05) is 68.8 Å². The molecule has 0 spiro atoms. The van der Waals surface area contributed by atoms with Crippen molar-refractivity contribution in [3.05, 3.63) is 59.7 Å². The molecule has 0 unspecified atom stereocenters. The van der Waals surface area contributed by atoms with Crippen LogP contribution in [0.1, 0.15) is 50.7 Å². The molecule has 0 bridgehead atoms. The third kappa shape index (κ3) is 4.27. The van der Waals surface area contributed by atoms with Crippen molar-refractivity contribution in [2.24, 2.45) is 11.3 Å². The maximum atomic E-state index is 13.2. The lowest BCUT2D eigenvalue weighted by atomic mass is 9.81. The van der Waals surface area contributed by atoms with Crippen molar-refractivity contribution in [1.29, 1.82) is 0 Å². The van der Waals surface area contributed by atoms with Gasteiger partial charge in [0, 0.05) is 19.0 Å². The van der Waals surface area contributed by atoms with Crippen molar-refractivity contribution in [2.75, 3.05) is 19.7 Å². The normalized spacial score (nSPS) is 22.1. The van der Waals surface area contributed by atoms with E-state index in [1.165, 1.54) is 0 Å². The van der Waals surface area contributed by atoms with Crippen LogP contribution in [0.2, 0.25) is 0 Å². The predicted molar refractivity (Wildman–Crippen MR) is 128 cm³/mol. The average molecular weight is 465 g/mol. The van der Waals surface area contributed by atoms with Gasteiger partial charge < -0.3 is 20.1 Å². The topological polar surface area (TPSA) is 95.9 Å². The number of hydrogen-bond donors (Lipinski definition) is 2. The molecule has 1 aliphatic carbocycles. The summed E-state index contributed by atoms with van der Waals surface area (Å²) >= 11 is 0. The SMILES string of the molecule is CCC[C@@H](NC(=O)OCC1c2ccccc2-c2ccccc21)C(=O)N1C[C@@H](C)[C@](C)(C(=O)O)C1. The molecule has 0 aromatic heterocycles. The summed E-state index contributed by atoms with van der Waals surface area (Å²) in [5.74, 6) is -1.40. The smallest absolute Gasteiger partial charge is 0.407 e. The summed E-state index contributed by atoms with van der Waals surface area (Å²) in [5.41, 5.74) is 3.55. The molecule has 34 heavy (non-hydrogen) atoms. The lowest BCUT2D eigenvalue weighted by molar-refractivity contribution is -0.149. The standard InChI is InChI=1S/C27H32N2O5/c1-4-9-23(24(30)29-14-17(2)27(3,16-29)25(31)32)28-26(33)34-15-22-20-12-7-5-10-18(20)19-11-6-8-13-21(19)22/h5-8,10-13,17,22-23H,4,9,14-16H2,1-3H3,(H,28,33)(H,31,32)/t17-,23-,27-/m1/s1. The zero-order valence-corrected chi connectivity index (χ0v) is 19.9. The van der Waals surface area contributed by atoms with E-state index in [0.29, 0.717) is 19.4 Å². The number of aliphatic carboxylic acids is 1.